The number of phenols is 1. The molecule has 3 aliphatic carbocycles. The fourth-order valence-corrected chi connectivity index (χ4v) is 5.92. The van der Waals surface area contributed by atoms with Gasteiger partial charge in [0.05, 0.1) is 17.2 Å². The van der Waals surface area contributed by atoms with Crippen molar-refractivity contribution in [2.75, 3.05) is 24.3 Å². The summed E-state index contributed by atoms with van der Waals surface area (Å²) in [5.41, 5.74) is 2.22. The number of hydrogen-bond donors (Lipinski definition) is 4. The number of rotatable bonds is 3. The molecule has 0 aliphatic heterocycles. The second-order valence-electron chi connectivity index (χ2n) is 11.4. The average molecular weight is 530 g/mol. The van der Waals surface area contributed by atoms with Crippen LogP contribution in [0.15, 0.2) is 6.07 Å². The maximum atomic E-state index is 13.8. The summed E-state index contributed by atoms with van der Waals surface area (Å²) in [5.74, 6) is -11.1. The molecule has 5 N–H and O–H groups in total. The molecule has 5 atom stereocenters. The molecule has 12 heteroatoms. The van der Waals surface area contributed by atoms with Crippen LogP contribution in [0.3, 0.4) is 0 Å². The molecule has 2 fully saturated rings. The highest BCUT2D eigenvalue weighted by Gasteiger charge is 2.66. The third kappa shape index (κ3) is 4.12. The Morgan fingerprint density at radius 1 is 1.13 bits per heavy atom. The minimum atomic E-state index is -2.73. The van der Waals surface area contributed by atoms with Crippen molar-refractivity contribution in [3.8, 4) is 5.75 Å². The number of hydrogen-bond acceptors (Lipinski definition) is 10. The molecule has 4 rings (SSSR count). The van der Waals surface area contributed by atoms with Gasteiger partial charge in [0.25, 0.3) is 0 Å². The van der Waals surface area contributed by atoms with Gasteiger partial charge < -0.3 is 25.6 Å². The highest BCUT2D eigenvalue weighted by Crippen LogP contribution is 2.52. The van der Waals surface area contributed by atoms with E-state index in [1.165, 1.54) is 6.07 Å². The van der Waals surface area contributed by atoms with Gasteiger partial charge in [-0.3, -0.25) is 29.3 Å². The summed E-state index contributed by atoms with van der Waals surface area (Å²) >= 11 is 0. The summed E-state index contributed by atoms with van der Waals surface area (Å²) in [5, 5.41) is 24.8. The first-order valence-corrected chi connectivity index (χ1v) is 12.2. The molecule has 2 unspecified atom stereocenters. The normalized spacial score (nSPS) is 28.7. The minimum Gasteiger partial charge on any atom is -0.505 e. The Bertz CT molecular complexity index is 1300. The van der Waals surface area contributed by atoms with Crippen LogP contribution in [0.4, 0.5) is 16.2 Å². The molecule has 12 nitrogen and oxygen atoms in total. The van der Waals surface area contributed by atoms with Crippen molar-refractivity contribution in [3.63, 3.8) is 0 Å². The molecular formula is C26H31N3O9. The van der Waals surface area contributed by atoms with E-state index in [1.54, 1.807) is 39.8 Å². The van der Waals surface area contributed by atoms with E-state index < -0.39 is 82.2 Å². The van der Waals surface area contributed by atoms with Crippen molar-refractivity contribution in [2.24, 2.45) is 29.4 Å². The van der Waals surface area contributed by atoms with Gasteiger partial charge in [-0.15, -0.1) is 0 Å². The topological polar surface area (TPSA) is 193 Å². The lowest BCUT2D eigenvalue weighted by Crippen LogP contribution is -2.68. The predicted octanol–water partition coefficient (Wildman–Crippen LogP) is 0.740. The number of carbonyl (C=O) groups excluding carboxylic acids is 6. The molecule has 38 heavy (non-hydrogen) atoms. The second-order valence-corrected chi connectivity index (χ2v) is 11.4. The molecule has 2 amide bonds. The molecule has 1 aromatic rings. The number of Topliss-reactive ketones (excluding diaryl/α,β-unsaturated/α-hetero) is 4. The number of phenolic OH excluding ortho intramolecular Hbond substituents is 1. The zero-order chi connectivity index (χ0) is 28.5. The van der Waals surface area contributed by atoms with Crippen LogP contribution < -0.4 is 16.0 Å². The van der Waals surface area contributed by atoms with Crippen LogP contribution in [0.25, 0.3) is 0 Å². The fraction of sp³-hybridized carbons (Fsp3) is 0.538. The van der Waals surface area contributed by atoms with Crippen LogP contribution >= 0.6 is 0 Å². The van der Waals surface area contributed by atoms with Crippen molar-refractivity contribution < 1.29 is 43.7 Å². The molecule has 0 bridgehead atoms. The number of ether oxygens (including phenoxy) is 1. The highest BCUT2D eigenvalue weighted by molar-refractivity contribution is 6.31. The van der Waals surface area contributed by atoms with E-state index in [2.05, 4.69) is 5.32 Å². The predicted molar refractivity (Wildman–Crippen MR) is 133 cm³/mol. The number of benzene rings is 1. The second kappa shape index (κ2) is 8.90. The maximum absolute atomic E-state index is 13.8. The Balaban J connectivity index is 1.80. The summed E-state index contributed by atoms with van der Waals surface area (Å²) in [6, 6.07) is 1.48. The minimum absolute atomic E-state index is 0.00735. The number of nitrogens with one attached hydrogen (secondary N) is 1. The van der Waals surface area contributed by atoms with Gasteiger partial charge in [-0.25, -0.2) is 4.79 Å². The largest absolute Gasteiger partial charge is 0.505 e. The summed E-state index contributed by atoms with van der Waals surface area (Å²) < 4.78 is 5.24. The lowest BCUT2D eigenvalue weighted by Gasteiger charge is -2.48. The first-order valence-electron chi connectivity index (χ1n) is 12.2. The molecule has 1 aromatic carbocycles. The number of nitrogens with zero attached hydrogens (tertiary/aromatic N) is 1. The van der Waals surface area contributed by atoms with E-state index >= 15 is 0 Å². The highest BCUT2D eigenvalue weighted by atomic mass is 16.6. The standard InChI is InChI=1S/C26H31N3O9/c1-25(2,3)38-24(36)28-13-9-14(29(4)5)12-7-10-6-11-8-15(30)18(23(27)35)22(34)26(11,37)21(33)16(10)20(32)17(12)19(13)31/h9-11,16,18,31,37H,6-8H2,1-5H3,(H2,27,35)(H,28,36)/t10-,11+,16?,18?,26+/m1/s1. The number of carbonyl (C=O) groups is 6. The zero-order valence-electron chi connectivity index (χ0n) is 21.8. The summed E-state index contributed by atoms with van der Waals surface area (Å²) in [6.07, 6.45) is -1.16. The number of anilines is 2. The Kier molecular flexibility index (Phi) is 6.38. The number of amides is 2. The zero-order valence-corrected chi connectivity index (χ0v) is 21.8. The van der Waals surface area contributed by atoms with E-state index in [0.717, 1.165) is 0 Å². The summed E-state index contributed by atoms with van der Waals surface area (Å²) in [4.78, 5) is 78.8. The van der Waals surface area contributed by atoms with Gasteiger partial charge in [-0.1, -0.05) is 0 Å². The van der Waals surface area contributed by atoms with Gasteiger partial charge >= 0.3 is 6.09 Å². The van der Waals surface area contributed by atoms with Gasteiger partial charge in [0.1, 0.15) is 11.4 Å². The maximum Gasteiger partial charge on any atom is 0.412 e. The monoisotopic (exact) mass is 529 g/mol. The molecule has 0 heterocycles. The first kappa shape index (κ1) is 27.2. The Hall–Kier alpha value is -3.80. The van der Waals surface area contributed by atoms with Crippen LogP contribution in [0.2, 0.25) is 0 Å². The van der Waals surface area contributed by atoms with Gasteiger partial charge in [0, 0.05) is 32.1 Å². The van der Waals surface area contributed by atoms with Crippen LogP contribution in [0.1, 0.15) is 49.5 Å². The Morgan fingerprint density at radius 2 is 1.76 bits per heavy atom. The number of fused-ring (bicyclic) bond motifs is 3. The quantitative estimate of drug-likeness (QED) is 0.320. The van der Waals surface area contributed by atoms with Gasteiger partial charge in [-0.05, 0) is 51.2 Å². The van der Waals surface area contributed by atoms with Crippen molar-refractivity contribution in [1.29, 1.82) is 0 Å². The van der Waals surface area contributed by atoms with E-state index in [-0.39, 0.29) is 24.1 Å². The number of aliphatic hydroxyl groups is 1. The third-order valence-electron chi connectivity index (χ3n) is 7.50. The van der Waals surface area contributed by atoms with E-state index in [4.69, 9.17) is 10.5 Å². The van der Waals surface area contributed by atoms with Crippen LogP contribution in [0.5, 0.6) is 5.75 Å². The number of primary amides is 1. The van der Waals surface area contributed by atoms with E-state index in [0.29, 0.717) is 11.3 Å². The molecule has 0 aromatic heterocycles. The Labute approximate surface area is 218 Å². The van der Waals surface area contributed by atoms with Crippen molar-refractivity contribution in [2.45, 2.75) is 51.2 Å². The first-order chi connectivity index (χ1) is 17.5. The molecule has 2 saturated carbocycles. The van der Waals surface area contributed by atoms with Gasteiger partial charge in [0.15, 0.2) is 34.7 Å². The SMILES string of the molecule is CN(C)c1cc(NC(=O)OC(C)(C)C)c(O)c2c1C[C@H]1C[C@H]3CC(=O)C(C(N)=O)C(=O)[C@@]3(O)C(=O)C1C2=O. The van der Waals surface area contributed by atoms with E-state index in [1.807, 2.05) is 0 Å². The number of nitrogens with two attached hydrogens (primary N) is 1. The smallest absolute Gasteiger partial charge is 0.412 e. The molecule has 204 valence electrons. The average Bonchev–Trinajstić information content (AvgIpc) is 2.76. The van der Waals surface area contributed by atoms with E-state index in [9.17, 15) is 39.0 Å². The molecule has 0 spiro atoms. The van der Waals surface area contributed by atoms with Crippen molar-refractivity contribution in [3.05, 3.63) is 17.2 Å². The third-order valence-corrected chi connectivity index (χ3v) is 7.50. The molecular weight excluding hydrogens is 498 g/mol. The molecule has 0 saturated heterocycles. The number of aromatic hydroxyl groups is 1. The van der Waals surface area contributed by atoms with Crippen LogP contribution in [0, 0.1) is 23.7 Å². The van der Waals surface area contributed by atoms with Crippen LogP contribution in [-0.4, -0.2) is 70.6 Å². The Morgan fingerprint density at radius 3 is 2.32 bits per heavy atom. The summed E-state index contributed by atoms with van der Waals surface area (Å²) in [6.45, 7) is 4.97. The molecule has 0 radical (unpaired) electrons. The fourth-order valence-electron chi connectivity index (χ4n) is 5.92. The van der Waals surface area contributed by atoms with Crippen LogP contribution in [-0.2, 0) is 30.3 Å². The van der Waals surface area contributed by atoms with Crippen molar-refractivity contribution in [1.82, 2.24) is 0 Å². The van der Waals surface area contributed by atoms with Gasteiger partial charge in [0.2, 0.25) is 5.91 Å². The molecule has 3 aliphatic rings. The lowest BCUT2D eigenvalue weighted by molar-refractivity contribution is -0.175. The van der Waals surface area contributed by atoms with Gasteiger partial charge in [-0.2, -0.15) is 0 Å². The lowest BCUT2D eigenvalue weighted by atomic mass is 9.53. The number of ketones is 4. The summed E-state index contributed by atoms with van der Waals surface area (Å²) in [7, 11) is 3.40. The van der Waals surface area contributed by atoms with Crippen molar-refractivity contribution >= 4 is 46.5 Å².